The number of nitrogens with zero attached hydrogens (tertiary/aromatic N) is 3. The van der Waals surface area contributed by atoms with E-state index in [-0.39, 0.29) is 51.8 Å². The van der Waals surface area contributed by atoms with Gasteiger partial charge < -0.3 is 15.4 Å². The van der Waals surface area contributed by atoms with E-state index in [4.69, 9.17) is 5.73 Å². The molecule has 1 fully saturated rings. The molecule has 1 aromatic heterocycles. The third-order valence-electron chi connectivity index (χ3n) is 7.59. The van der Waals surface area contributed by atoms with Gasteiger partial charge in [-0.05, 0) is 48.2 Å². The lowest BCUT2D eigenvalue weighted by Gasteiger charge is -2.39. The average molecular weight is 657 g/mol. The normalized spacial score (nSPS) is 18.3. The number of halogens is 5. The van der Waals surface area contributed by atoms with Crippen molar-refractivity contribution in [1.82, 2.24) is 4.98 Å². The summed E-state index contributed by atoms with van der Waals surface area (Å²) in [5.74, 6) is -1.98. The fourth-order valence-electron chi connectivity index (χ4n) is 5.23. The van der Waals surface area contributed by atoms with E-state index in [9.17, 15) is 40.4 Å². The van der Waals surface area contributed by atoms with E-state index in [1.165, 1.54) is 43.3 Å². The number of amides is 1. The maximum absolute atomic E-state index is 13.1. The number of ether oxygens (including phenoxy) is 1. The van der Waals surface area contributed by atoms with Gasteiger partial charge in [0.15, 0.2) is 15.0 Å². The number of rotatable bonds is 11. The summed E-state index contributed by atoms with van der Waals surface area (Å²) in [6.07, 6.45) is -3.81. The predicted octanol–water partition coefficient (Wildman–Crippen LogP) is 6.09. The van der Waals surface area contributed by atoms with E-state index < -0.39 is 46.1 Å². The Bertz CT molecular complexity index is 1600. The fourth-order valence-corrected chi connectivity index (χ4v) is 7.17. The van der Waals surface area contributed by atoms with Crippen molar-refractivity contribution in [2.45, 2.75) is 61.7 Å². The highest BCUT2D eigenvalue weighted by Gasteiger charge is 2.35. The fraction of sp³-hybridized carbons (Fsp3) is 0.414. The van der Waals surface area contributed by atoms with Crippen molar-refractivity contribution in [2.24, 2.45) is 5.73 Å². The number of piperidine rings is 1. The first kappa shape index (κ1) is 33.3. The number of nitrogens with two attached hydrogens (primary N) is 1. The third-order valence-corrected chi connectivity index (χ3v) is 10.5. The Labute approximate surface area is 255 Å². The number of carbonyl (C=O) groups is 1. The standard InChI is InChI=1S/C29H29F5N4O4S2/c1-2-44(40,41)22-11-6-18(7-12-22)23(13-14-35)24-25(26(36)39)43-28(37-24)38-15-19(5-10-21(38)16-42-27(30)31)17-3-8-20(9-4-17)29(32,33)34/h3-4,6-9,11-12,19,21,23,27H,2,5,10,13,15-16H2,1H3,(H2,36,39)/t19-,21-,23-/m0/s1. The Hall–Kier alpha value is -3.61. The number of anilines is 1. The number of primary amides is 1. The van der Waals surface area contributed by atoms with E-state index in [2.05, 4.69) is 15.8 Å². The largest absolute Gasteiger partial charge is 0.416 e. The average Bonchev–Trinajstić information content (AvgIpc) is 3.44. The number of carbonyl (C=O) groups excluding carboxylic acids is 1. The number of aromatic nitrogens is 1. The first-order chi connectivity index (χ1) is 20.7. The summed E-state index contributed by atoms with van der Waals surface area (Å²) < 4.78 is 94.5. The molecule has 2 aromatic carbocycles. The number of hydrogen-bond donors (Lipinski definition) is 1. The van der Waals surface area contributed by atoms with Gasteiger partial charge in [-0.2, -0.15) is 27.2 Å². The van der Waals surface area contributed by atoms with E-state index >= 15 is 0 Å². The molecule has 2 N–H and O–H groups in total. The maximum Gasteiger partial charge on any atom is 0.416 e. The van der Waals surface area contributed by atoms with E-state index in [0.29, 0.717) is 24.0 Å². The third kappa shape index (κ3) is 7.54. The SMILES string of the molecule is CCS(=O)(=O)c1ccc([C@H](CC#N)c2nc(N3C[C@@H](c4ccc(C(F)(F)F)cc4)CC[C@H]3COC(F)F)sc2C(N)=O)cc1. The lowest BCUT2D eigenvalue weighted by Crippen LogP contribution is -2.45. The van der Waals surface area contributed by atoms with Crippen LogP contribution >= 0.6 is 11.3 Å². The zero-order valence-electron chi connectivity index (χ0n) is 23.4. The van der Waals surface area contributed by atoms with Crippen molar-refractivity contribution >= 4 is 32.2 Å². The molecule has 0 aliphatic carbocycles. The van der Waals surface area contributed by atoms with Crippen LogP contribution in [0.25, 0.3) is 0 Å². The van der Waals surface area contributed by atoms with Crippen LogP contribution in [-0.2, 0) is 20.8 Å². The molecular formula is C29H29F5N4O4S2. The molecule has 15 heteroatoms. The summed E-state index contributed by atoms with van der Waals surface area (Å²) in [5, 5.41) is 9.86. The number of hydrogen-bond acceptors (Lipinski definition) is 8. The number of benzene rings is 2. The van der Waals surface area contributed by atoms with Gasteiger partial charge in [-0.25, -0.2) is 13.4 Å². The van der Waals surface area contributed by atoms with Crippen LogP contribution in [0.15, 0.2) is 53.4 Å². The highest BCUT2D eigenvalue weighted by molar-refractivity contribution is 7.91. The van der Waals surface area contributed by atoms with Gasteiger partial charge in [0, 0.05) is 24.8 Å². The minimum atomic E-state index is -4.50. The molecule has 4 rings (SSSR count). The van der Waals surface area contributed by atoms with Crippen LogP contribution in [0.2, 0.25) is 0 Å². The molecule has 236 valence electrons. The second-order valence-electron chi connectivity index (χ2n) is 10.3. The molecular weight excluding hydrogens is 627 g/mol. The van der Waals surface area contributed by atoms with Gasteiger partial charge in [0.2, 0.25) is 0 Å². The number of nitriles is 1. The molecule has 1 saturated heterocycles. The van der Waals surface area contributed by atoms with Crippen LogP contribution in [0, 0.1) is 11.3 Å². The molecule has 1 aliphatic heterocycles. The van der Waals surface area contributed by atoms with Crippen LogP contribution in [0.4, 0.5) is 27.1 Å². The monoisotopic (exact) mass is 656 g/mol. The molecule has 0 saturated carbocycles. The minimum Gasteiger partial charge on any atom is -0.365 e. The first-order valence-electron chi connectivity index (χ1n) is 13.6. The molecule has 0 bridgehead atoms. The molecule has 0 unspecified atom stereocenters. The zero-order chi connectivity index (χ0) is 32.2. The van der Waals surface area contributed by atoms with Crippen LogP contribution in [0.5, 0.6) is 0 Å². The second kappa shape index (κ2) is 13.6. The quantitative estimate of drug-likeness (QED) is 0.248. The van der Waals surface area contributed by atoms with Gasteiger partial charge in [0.1, 0.15) is 4.88 Å². The van der Waals surface area contributed by atoms with Gasteiger partial charge in [-0.1, -0.05) is 42.5 Å². The van der Waals surface area contributed by atoms with Crippen molar-refractivity contribution in [1.29, 1.82) is 5.26 Å². The summed E-state index contributed by atoms with van der Waals surface area (Å²) in [6, 6.07) is 12.1. The molecule has 3 aromatic rings. The predicted molar refractivity (Wildman–Crippen MR) is 153 cm³/mol. The van der Waals surface area contributed by atoms with Gasteiger partial charge in [-0.3, -0.25) is 4.79 Å². The number of sulfone groups is 1. The zero-order valence-corrected chi connectivity index (χ0v) is 25.1. The van der Waals surface area contributed by atoms with E-state index in [1.54, 1.807) is 4.90 Å². The number of alkyl halides is 5. The smallest absolute Gasteiger partial charge is 0.365 e. The Morgan fingerprint density at radius 1 is 1.16 bits per heavy atom. The topological polar surface area (TPSA) is 126 Å². The van der Waals surface area contributed by atoms with Gasteiger partial charge in [0.05, 0.1) is 40.6 Å². The summed E-state index contributed by atoms with van der Waals surface area (Å²) in [7, 11) is -3.49. The van der Waals surface area contributed by atoms with Crippen molar-refractivity contribution in [3.8, 4) is 6.07 Å². The molecule has 44 heavy (non-hydrogen) atoms. The lowest BCUT2D eigenvalue weighted by molar-refractivity contribution is -0.137. The Balaban J connectivity index is 1.72. The van der Waals surface area contributed by atoms with Crippen LogP contribution < -0.4 is 10.6 Å². The Kier molecular flexibility index (Phi) is 10.3. The highest BCUT2D eigenvalue weighted by Crippen LogP contribution is 2.41. The number of thiazole rings is 1. The summed E-state index contributed by atoms with van der Waals surface area (Å²) in [6.45, 7) is -1.70. The molecule has 8 nitrogen and oxygen atoms in total. The second-order valence-corrected chi connectivity index (χ2v) is 13.5. The maximum atomic E-state index is 13.1. The Morgan fingerprint density at radius 2 is 1.82 bits per heavy atom. The van der Waals surface area contributed by atoms with Crippen LogP contribution in [-0.4, -0.2) is 50.9 Å². The summed E-state index contributed by atoms with van der Waals surface area (Å²) >= 11 is 0.918. The minimum absolute atomic E-state index is 0.0377. The molecule has 0 spiro atoms. The van der Waals surface area contributed by atoms with E-state index in [1.807, 2.05) is 0 Å². The van der Waals surface area contributed by atoms with Crippen LogP contribution in [0.3, 0.4) is 0 Å². The molecule has 1 amide bonds. The summed E-state index contributed by atoms with van der Waals surface area (Å²) in [4.78, 5) is 19.1. The Morgan fingerprint density at radius 3 is 2.36 bits per heavy atom. The van der Waals surface area contributed by atoms with Gasteiger partial charge in [0.25, 0.3) is 5.91 Å². The molecule has 2 heterocycles. The van der Waals surface area contributed by atoms with E-state index in [0.717, 1.165) is 23.5 Å². The summed E-state index contributed by atoms with van der Waals surface area (Å²) in [5.41, 5.74) is 6.22. The van der Waals surface area contributed by atoms with Crippen molar-refractivity contribution in [3.63, 3.8) is 0 Å². The first-order valence-corrected chi connectivity index (χ1v) is 16.1. The molecule has 3 atom stereocenters. The van der Waals surface area contributed by atoms with Crippen molar-refractivity contribution < 1.29 is 39.9 Å². The highest BCUT2D eigenvalue weighted by atomic mass is 32.2. The van der Waals surface area contributed by atoms with Crippen molar-refractivity contribution in [2.75, 3.05) is 23.8 Å². The molecule has 1 aliphatic rings. The lowest BCUT2D eigenvalue weighted by atomic mass is 9.87. The van der Waals surface area contributed by atoms with Gasteiger partial charge in [-0.15, -0.1) is 0 Å². The van der Waals surface area contributed by atoms with Crippen molar-refractivity contribution in [3.05, 3.63) is 75.8 Å². The molecule has 0 radical (unpaired) electrons. The van der Waals surface area contributed by atoms with Crippen LogP contribution in [0.1, 0.15) is 70.1 Å². The van der Waals surface area contributed by atoms with Gasteiger partial charge >= 0.3 is 12.8 Å².